The zero-order valence-corrected chi connectivity index (χ0v) is 9.07. The lowest BCUT2D eigenvalue weighted by Crippen LogP contribution is -1.96. The maximum absolute atomic E-state index is 9.08. The molecule has 0 radical (unpaired) electrons. The van der Waals surface area contributed by atoms with Gasteiger partial charge in [-0.25, -0.2) is 0 Å². The Kier molecular flexibility index (Phi) is 2.60. The molecule has 0 amide bonds. The highest BCUT2D eigenvalue weighted by atomic mass is 16.3. The molecule has 0 aliphatic rings. The van der Waals surface area contributed by atoms with Gasteiger partial charge in [-0.15, -0.1) is 0 Å². The molecule has 2 rings (SSSR count). The Morgan fingerprint density at radius 2 is 1.93 bits per heavy atom. The monoisotopic (exact) mass is 201 g/mol. The smallest absolute Gasteiger partial charge is 0.0696 e. The zero-order chi connectivity index (χ0) is 10.8. The summed E-state index contributed by atoms with van der Waals surface area (Å²) in [4.78, 5) is 0. The molecular formula is C13H15NO. The predicted molar refractivity (Wildman–Crippen MR) is 61.2 cm³/mol. The molecule has 0 saturated heterocycles. The standard InChI is InChI=1S/C13H15NO/c1-10-5-3-4-6-13(10)14-8-12(9-15)7-11(14)2/h3-8,15H,9H2,1-2H3. The van der Waals surface area contributed by atoms with Gasteiger partial charge in [-0.3, -0.25) is 0 Å². The molecular weight excluding hydrogens is 186 g/mol. The molecule has 1 aromatic heterocycles. The molecule has 1 aromatic carbocycles. The third-order valence-electron chi connectivity index (χ3n) is 2.63. The maximum atomic E-state index is 9.08. The number of hydrogen-bond acceptors (Lipinski definition) is 1. The normalized spacial score (nSPS) is 10.6. The molecule has 0 unspecified atom stereocenters. The van der Waals surface area contributed by atoms with Gasteiger partial charge < -0.3 is 9.67 Å². The summed E-state index contributed by atoms with van der Waals surface area (Å²) >= 11 is 0. The van der Waals surface area contributed by atoms with Gasteiger partial charge in [0, 0.05) is 17.6 Å². The van der Waals surface area contributed by atoms with Gasteiger partial charge in [-0.05, 0) is 37.1 Å². The Bertz CT molecular complexity index is 471. The second kappa shape index (κ2) is 3.91. The van der Waals surface area contributed by atoms with Crippen LogP contribution in [-0.4, -0.2) is 9.67 Å². The van der Waals surface area contributed by atoms with Gasteiger partial charge in [-0.1, -0.05) is 18.2 Å². The highest BCUT2D eigenvalue weighted by Gasteiger charge is 2.04. The van der Waals surface area contributed by atoms with Crippen LogP contribution in [0.15, 0.2) is 36.5 Å². The lowest BCUT2D eigenvalue weighted by atomic mass is 10.2. The van der Waals surface area contributed by atoms with E-state index in [0.29, 0.717) is 0 Å². The summed E-state index contributed by atoms with van der Waals surface area (Å²) in [6, 6.07) is 10.2. The van der Waals surface area contributed by atoms with Crippen LogP contribution in [0, 0.1) is 13.8 Å². The topological polar surface area (TPSA) is 25.2 Å². The lowest BCUT2D eigenvalue weighted by Gasteiger charge is -2.08. The minimum absolute atomic E-state index is 0.0969. The Hall–Kier alpha value is -1.54. The second-order valence-corrected chi connectivity index (χ2v) is 3.80. The Morgan fingerprint density at radius 1 is 1.20 bits per heavy atom. The van der Waals surface area contributed by atoms with Gasteiger partial charge in [0.25, 0.3) is 0 Å². The van der Waals surface area contributed by atoms with E-state index in [1.165, 1.54) is 11.3 Å². The van der Waals surface area contributed by atoms with Gasteiger partial charge in [0.15, 0.2) is 0 Å². The van der Waals surface area contributed by atoms with Gasteiger partial charge >= 0.3 is 0 Å². The largest absolute Gasteiger partial charge is 0.392 e. The summed E-state index contributed by atoms with van der Waals surface area (Å²) in [5.41, 5.74) is 4.51. The van der Waals surface area contributed by atoms with Gasteiger partial charge in [0.05, 0.1) is 6.61 Å². The number of benzene rings is 1. The molecule has 1 heterocycles. The van der Waals surface area contributed by atoms with Crippen LogP contribution in [0.3, 0.4) is 0 Å². The van der Waals surface area contributed by atoms with Crippen molar-refractivity contribution >= 4 is 0 Å². The first-order valence-electron chi connectivity index (χ1n) is 5.07. The van der Waals surface area contributed by atoms with E-state index < -0.39 is 0 Å². The maximum Gasteiger partial charge on any atom is 0.0696 e. The summed E-state index contributed by atoms with van der Waals surface area (Å²) in [5, 5.41) is 9.08. The molecule has 0 fully saturated rings. The molecule has 2 nitrogen and oxygen atoms in total. The average molecular weight is 201 g/mol. The molecule has 2 aromatic rings. The van der Waals surface area contributed by atoms with Crippen molar-refractivity contribution in [3.05, 3.63) is 53.3 Å². The number of nitrogens with zero attached hydrogens (tertiary/aromatic N) is 1. The van der Waals surface area contributed by atoms with Gasteiger partial charge in [0.1, 0.15) is 0 Å². The third-order valence-corrected chi connectivity index (χ3v) is 2.63. The van der Waals surface area contributed by atoms with Crippen LogP contribution in [0.1, 0.15) is 16.8 Å². The van der Waals surface area contributed by atoms with Gasteiger partial charge in [0.2, 0.25) is 0 Å². The summed E-state index contributed by atoms with van der Waals surface area (Å²) in [6.07, 6.45) is 1.98. The van der Waals surface area contributed by atoms with Crippen molar-refractivity contribution in [2.45, 2.75) is 20.5 Å². The predicted octanol–water partition coefficient (Wildman–Crippen LogP) is 2.59. The number of aryl methyl sites for hydroxylation is 2. The van der Waals surface area contributed by atoms with Crippen LogP contribution in [-0.2, 0) is 6.61 Å². The molecule has 0 saturated carbocycles. The number of para-hydroxylation sites is 1. The third kappa shape index (κ3) is 1.81. The second-order valence-electron chi connectivity index (χ2n) is 3.80. The van der Waals surface area contributed by atoms with Crippen molar-refractivity contribution in [1.29, 1.82) is 0 Å². The highest BCUT2D eigenvalue weighted by molar-refractivity contribution is 5.43. The summed E-state index contributed by atoms with van der Waals surface area (Å²) < 4.78 is 2.11. The lowest BCUT2D eigenvalue weighted by molar-refractivity contribution is 0.282. The SMILES string of the molecule is Cc1ccccc1-n1cc(CO)cc1C. The van der Waals surface area contributed by atoms with Crippen molar-refractivity contribution in [2.75, 3.05) is 0 Å². The minimum atomic E-state index is 0.0969. The van der Waals surface area contributed by atoms with Crippen molar-refractivity contribution in [2.24, 2.45) is 0 Å². The van der Waals surface area contributed by atoms with E-state index in [1.807, 2.05) is 31.3 Å². The number of aromatic nitrogens is 1. The van der Waals surface area contributed by atoms with E-state index >= 15 is 0 Å². The van der Waals surface area contributed by atoms with Crippen molar-refractivity contribution in [1.82, 2.24) is 4.57 Å². The molecule has 0 atom stereocenters. The molecule has 0 aliphatic carbocycles. The van der Waals surface area contributed by atoms with E-state index in [9.17, 15) is 0 Å². The first-order chi connectivity index (χ1) is 7.22. The summed E-state index contributed by atoms with van der Waals surface area (Å²) in [7, 11) is 0. The summed E-state index contributed by atoms with van der Waals surface area (Å²) in [5.74, 6) is 0. The fraction of sp³-hybridized carbons (Fsp3) is 0.231. The van der Waals surface area contributed by atoms with Crippen LogP contribution in [0.25, 0.3) is 5.69 Å². The van der Waals surface area contributed by atoms with Crippen molar-refractivity contribution in [3.8, 4) is 5.69 Å². The van der Waals surface area contributed by atoms with Crippen LogP contribution in [0.5, 0.6) is 0 Å². The van der Waals surface area contributed by atoms with E-state index in [2.05, 4.69) is 23.6 Å². The van der Waals surface area contributed by atoms with E-state index in [0.717, 1.165) is 11.3 Å². The van der Waals surface area contributed by atoms with Crippen LogP contribution < -0.4 is 0 Å². The molecule has 0 aliphatic heterocycles. The molecule has 15 heavy (non-hydrogen) atoms. The number of rotatable bonds is 2. The number of aliphatic hydroxyl groups excluding tert-OH is 1. The highest BCUT2D eigenvalue weighted by Crippen LogP contribution is 2.18. The molecule has 0 spiro atoms. The zero-order valence-electron chi connectivity index (χ0n) is 9.07. The van der Waals surface area contributed by atoms with E-state index in [4.69, 9.17) is 5.11 Å². The molecule has 78 valence electrons. The molecule has 2 heteroatoms. The summed E-state index contributed by atoms with van der Waals surface area (Å²) in [6.45, 7) is 4.23. The number of aliphatic hydroxyl groups is 1. The first kappa shape index (κ1) is 9.99. The van der Waals surface area contributed by atoms with E-state index in [1.54, 1.807) is 0 Å². The Labute approximate surface area is 89.8 Å². The minimum Gasteiger partial charge on any atom is -0.392 e. The van der Waals surface area contributed by atoms with Crippen LogP contribution in [0.2, 0.25) is 0 Å². The Morgan fingerprint density at radius 3 is 2.53 bits per heavy atom. The molecule has 1 N–H and O–H groups in total. The fourth-order valence-corrected chi connectivity index (χ4v) is 1.82. The van der Waals surface area contributed by atoms with Gasteiger partial charge in [-0.2, -0.15) is 0 Å². The average Bonchev–Trinajstić information content (AvgIpc) is 2.60. The van der Waals surface area contributed by atoms with Crippen molar-refractivity contribution < 1.29 is 5.11 Å². The van der Waals surface area contributed by atoms with E-state index in [-0.39, 0.29) is 6.61 Å². The van der Waals surface area contributed by atoms with Crippen LogP contribution in [0.4, 0.5) is 0 Å². The number of hydrogen-bond donors (Lipinski definition) is 1. The fourth-order valence-electron chi connectivity index (χ4n) is 1.82. The van der Waals surface area contributed by atoms with Crippen LogP contribution >= 0.6 is 0 Å². The Balaban J connectivity index is 2.54. The molecule has 0 bridgehead atoms. The van der Waals surface area contributed by atoms with Crippen molar-refractivity contribution in [3.63, 3.8) is 0 Å². The first-order valence-corrected chi connectivity index (χ1v) is 5.07. The quantitative estimate of drug-likeness (QED) is 0.793.